The average molecular weight is 564 g/mol. The molecular formula is C18H28F3N5O10S. The minimum Gasteiger partial charge on any atom is -0.475 e. The van der Waals surface area contributed by atoms with Gasteiger partial charge in [0.25, 0.3) is 5.91 Å². The van der Waals surface area contributed by atoms with Crippen molar-refractivity contribution >= 4 is 28.3 Å². The van der Waals surface area contributed by atoms with Crippen molar-refractivity contribution in [3.05, 3.63) is 0 Å². The fourth-order valence-corrected chi connectivity index (χ4v) is 4.92. The Morgan fingerprint density at radius 3 is 2.43 bits per heavy atom. The van der Waals surface area contributed by atoms with Crippen molar-refractivity contribution in [3.8, 4) is 0 Å². The first-order valence-electron chi connectivity index (χ1n) is 11.3. The molecule has 212 valence electrons. The zero-order valence-corrected chi connectivity index (χ0v) is 20.2. The minimum atomic E-state index is -5.08. The van der Waals surface area contributed by atoms with Crippen LogP contribution in [0.15, 0.2) is 0 Å². The third kappa shape index (κ3) is 8.09. The molecule has 4 saturated heterocycles. The molecule has 4 rings (SSSR count). The second-order valence-electron chi connectivity index (χ2n) is 8.73. The van der Waals surface area contributed by atoms with Gasteiger partial charge in [-0.2, -0.15) is 26.7 Å². The molecule has 4 N–H and O–H groups in total. The van der Waals surface area contributed by atoms with Gasteiger partial charge >= 0.3 is 28.6 Å². The molecule has 3 amide bonds. The number of rotatable bonds is 7. The van der Waals surface area contributed by atoms with Crippen LogP contribution in [0.5, 0.6) is 0 Å². The van der Waals surface area contributed by atoms with Crippen LogP contribution in [0, 0.1) is 0 Å². The molecule has 0 saturated carbocycles. The van der Waals surface area contributed by atoms with Gasteiger partial charge in [0.05, 0.1) is 25.9 Å². The van der Waals surface area contributed by atoms with E-state index in [9.17, 15) is 31.2 Å². The summed E-state index contributed by atoms with van der Waals surface area (Å²) in [7, 11) is -4.82. The summed E-state index contributed by atoms with van der Waals surface area (Å²) in [5.74, 6) is -3.23. The molecule has 37 heavy (non-hydrogen) atoms. The van der Waals surface area contributed by atoms with Crippen molar-refractivity contribution in [2.75, 3.05) is 46.0 Å². The lowest BCUT2D eigenvalue weighted by atomic mass is 10.0. The smallest absolute Gasteiger partial charge is 0.475 e. The first kappa shape index (κ1) is 29.3. The Hall–Kier alpha value is -2.29. The van der Waals surface area contributed by atoms with E-state index in [1.54, 1.807) is 0 Å². The summed E-state index contributed by atoms with van der Waals surface area (Å²) in [6, 6.07) is -1.57. The van der Waals surface area contributed by atoms with Crippen LogP contribution in [0.3, 0.4) is 0 Å². The largest absolute Gasteiger partial charge is 0.490 e. The van der Waals surface area contributed by atoms with Crippen LogP contribution in [0.25, 0.3) is 0 Å². The van der Waals surface area contributed by atoms with Crippen LogP contribution >= 0.6 is 0 Å². The lowest BCUT2D eigenvalue weighted by molar-refractivity contribution is -0.192. The van der Waals surface area contributed by atoms with E-state index in [-0.39, 0.29) is 12.6 Å². The highest BCUT2D eigenvalue weighted by Crippen LogP contribution is 2.30. The molecule has 4 heterocycles. The lowest BCUT2D eigenvalue weighted by Crippen LogP contribution is -2.50. The van der Waals surface area contributed by atoms with Gasteiger partial charge in [-0.15, -0.1) is 4.28 Å². The number of piperidine rings is 1. The topological polar surface area (TPSA) is 187 Å². The van der Waals surface area contributed by atoms with Crippen LogP contribution < -0.4 is 10.8 Å². The number of ether oxygens (including phenoxy) is 1. The van der Waals surface area contributed by atoms with Gasteiger partial charge in [0, 0.05) is 38.3 Å². The Labute approximate surface area is 209 Å². The van der Waals surface area contributed by atoms with E-state index >= 15 is 0 Å². The van der Waals surface area contributed by atoms with Crippen LogP contribution in [0.4, 0.5) is 18.0 Å². The Balaban J connectivity index is 0.000000479. The van der Waals surface area contributed by atoms with Gasteiger partial charge in [-0.3, -0.25) is 19.1 Å². The summed E-state index contributed by atoms with van der Waals surface area (Å²) in [4.78, 5) is 42.8. The fraction of sp³-hybridized carbons (Fsp3) is 0.833. The van der Waals surface area contributed by atoms with E-state index in [2.05, 4.69) is 20.0 Å². The van der Waals surface area contributed by atoms with Crippen molar-refractivity contribution in [2.45, 2.75) is 49.6 Å². The number of nitrogens with one attached hydrogen (secondary N) is 2. The molecule has 0 unspecified atom stereocenters. The van der Waals surface area contributed by atoms with E-state index in [0.29, 0.717) is 30.6 Å². The Bertz CT molecular complexity index is 949. The number of hydrogen-bond donors (Lipinski definition) is 4. The number of aliphatic carboxylic acids is 1. The molecule has 0 aromatic rings. The third-order valence-electron chi connectivity index (χ3n) is 6.26. The zero-order valence-electron chi connectivity index (χ0n) is 19.4. The van der Waals surface area contributed by atoms with E-state index in [4.69, 9.17) is 24.0 Å². The highest BCUT2D eigenvalue weighted by molar-refractivity contribution is 7.80. The van der Waals surface area contributed by atoms with Crippen molar-refractivity contribution in [3.63, 3.8) is 0 Å². The lowest BCUT2D eigenvalue weighted by Gasteiger charge is -2.31. The number of fused-ring (bicyclic) bond motifs is 2. The van der Waals surface area contributed by atoms with Crippen molar-refractivity contribution < 1.29 is 59.5 Å². The van der Waals surface area contributed by atoms with E-state index in [1.807, 2.05) is 0 Å². The Morgan fingerprint density at radius 1 is 1.19 bits per heavy atom. The summed E-state index contributed by atoms with van der Waals surface area (Å²) >= 11 is 0. The second kappa shape index (κ2) is 12.0. The summed E-state index contributed by atoms with van der Waals surface area (Å²) < 4.78 is 72.2. The molecule has 4 fully saturated rings. The molecule has 0 aromatic heterocycles. The monoisotopic (exact) mass is 563 g/mol. The second-order valence-corrected chi connectivity index (χ2v) is 9.74. The highest BCUT2D eigenvalue weighted by atomic mass is 32.3. The standard InChI is InChI=1S/C16H27N5O8S.C2HF3O2/c22-15(14-2-1-12-9-20(14)16(23)21(12)29-30(24,25)26)18-28-10-11-7-13(8-17-11)19-3-5-27-6-4-19;3-2(4,5)1(6)7/h11-14,17H,1-10H2,(H,18,22)(H,24,25,26);(H,6,7)/t11-,12+,13-,14-;/m0./s1. The van der Waals surface area contributed by atoms with Crippen molar-refractivity contribution in [1.82, 2.24) is 25.7 Å². The first-order chi connectivity index (χ1) is 17.3. The minimum absolute atomic E-state index is 0.112. The molecule has 4 aliphatic rings. The number of urea groups is 1. The van der Waals surface area contributed by atoms with Crippen LogP contribution in [-0.2, 0) is 33.8 Å². The number of carboxylic acid groups (broad SMARTS) is 1. The molecule has 15 nitrogen and oxygen atoms in total. The summed E-state index contributed by atoms with van der Waals surface area (Å²) in [6.45, 7) is 4.63. The number of hydroxylamine groups is 3. The molecule has 0 aliphatic carbocycles. The van der Waals surface area contributed by atoms with Gasteiger partial charge in [0.1, 0.15) is 6.04 Å². The average Bonchev–Trinajstić information content (AvgIpc) is 3.38. The van der Waals surface area contributed by atoms with Gasteiger partial charge in [-0.05, 0) is 19.3 Å². The van der Waals surface area contributed by atoms with Gasteiger partial charge < -0.3 is 20.1 Å². The molecule has 0 radical (unpaired) electrons. The zero-order chi connectivity index (χ0) is 27.4. The summed E-state index contributed by atoms with van der Waals surface area (Å²) in [5, 5.41) is 11.1. The number of alkyl halides is 3. The summed E-state index contributed by atoms with van der Waals surface area (Å²) in [5.41, 5.74) is 2.41. The van der Waals surface area contributed by atoms with Crippen molar-refractivity contribution in [1.29, 1.82) is 0 Å². The number of carbonyl (C=O) groups excluding carboxylic acids is 2. The molecule has 2 bridgehead atoms. The predicted octanol–water partition coefficient (Wildman–Crippen LogP) is -1.27. The maximum Gasteiger partial charge on any atom is 0.490 e. The number of morpholine rings is 1. The SMILES string of the molecule is O=C(NOC[C@@H]1C[C@H](N2CCOCC2)CN1)[C@@H]1CC[C@@H]2CN1C(=O)N2OS(=O)(=O)O.O=C(O)C(F)(F)F. The summed E-state index contributed by atoms with van der Waals surface area (Å²) in [6.07, 6.45) is -3.48. The van der Waals surface area contributed by atoms with Gasteiger partial charge in [-0.1, -0.05) is 0 Å². The maximum atomic E-state index is 12.5. The molecule has 19 heteroatoms. The van der Waals surface area contributed by atoms with Crippen molar-refractivity contribution in [2.24, 2.45) is 0 Å². The molecule has 4 aliphatic heterocycles. The normalized spacial score (nSPS) is 28.6. The van der Waals surface area contributed by atoms with Crippen LogP contribution in [0.1, 0.15) is 19.3 Å². The number of hydrogen-bond acceptors (Lipinski definition) is 10. The van der Waals surface area contributed by atoms with E-state index in [0.717, 1.165) is 39.3 Å². The Morgan fingerprint density at radius 2 is 1.84 bits per heavy atom. The molecular weight excluding hydrogens is 535 g/mol. The highest BCUT2D eigenvalue weighted by Gasteiger charge is 2.49. The first-order valence-corrected chi connectivity index (χ1v) is 12.7. The number of nitrogens with zero attached hydrogens (tertiary/aromatic N) is 3. The molecule has 0 aromatic carbocycles. The fourth-order valence-electron chi connectivity index (χ4n) is 4.53. The maximum absolute atomic E-state index is 12.5. The van der Waals surface area contributed by atoms with Gasteiger partial charge in [-0.25, -0.2) is 15.1 Å². The van der Waals surface area contributed by atoms with Gasteiger partial charge in [0.15, 0.2) is 0 Å². The van der Waals surface area contributed by atoms with E-state index < -0.39 is 46.6 Å². The van der Waals surface area contributed by atoms with Crippen LogP contribution in [-0.4, -0.2) is 127 Å². The predicted molar refractivity (Wildman–Crippen MR) is 114 cm³/mol. The van der Waals surface area contributed by atoms with E-state index in [1.165, 1.54) is 4.90 Å². The number of amides is 3. The molecule has 4 atom stereocenters. The Kier molecular flexibility index (Phi) is 9.53. The molecule has 0 spiro atoms. The number of carbonyl (C=O) groups is 3. The third-order valence-corrected chi connectivity index (χ3v) is 6.61. The van der Waals surface area contributed by atoms with Gasteiger partial charge in [0.2, 0.25) is 0 Å². The quantitative estimate of drug-likeness (QED) is 0.213. The number of halogens is 3. The van der Waals surface area contributed by atoms with Crippen LogP contribution in [0.2, 0.25) is 0 Å². The number of carboxylic acids is 1.